The maximum atomic E-state index is 12.9. The van der Waals surface area contributed by atoms with E-state index in [1.165, 1.54) is 17.3 Å². The van der Waals surface area contributed by atoms with Crippen LogP contribution in [-0.2, 0) is 22.6 Å². The first-order valence-electron chi connectivity index (χ1n) is 9.40. The Balaban J connectivity index is 1.75. The summed E-state index contributed by atoms with van der Waals surface area (Å²) in [7, 11) is 3.38. The number of benzene rings is 2. The maximum absolute atomic E-state index is 12.9. The fraction of sp³-hybridized carbons (Fsp3) is 0.318. The molecular weight excluding hydrogens is 386 g/mol. The summed E-state index contributed by atoms with van der Waals surface area (Å²) >= 11 is 1.28. The number of para-hydroxylation sites is 1. The van der Waals surface area contributed by atoms with Crippen molar-refractivity contribution >= 4 is 28.6 Å². The minimum atomic E-state index is -0.115. The highest BCUT2D eigenvalue weighted by atomic mass is 32.2. The van der Waals surface area contributed by atoms with Gasteiger partial charge in [-0.15, -0.1) is 0 Å². The second kappa shape index (κ2) is 9.71. The van der Waals surface area contributed by atoms with Gasteiger partial charge in [-0.2, -0.15) is 0 Å². The molecule has 0 saturated carbocycles. The standard InChI is InChI=1S/C22H25N3O3S/c1-16-8-10-17(11-9-16)14-24(2)20(26)15-29-22-23-19-7-5-4-6-18(19)21(27)25(22)12-13-28-3/h4-11H,12-15H2,1-3H3. The second-order valence-electron chi connectivity index (χ2n) is 6.89. The molecule has 0 fully saturated rings. The number of hydrogen-bond donors (Lipinski definition) is 0. The van der Waals surface area contributed by atoms with Crippen LogP contribution < -0.4 is 5.56 Å². The Morgan fingerprint density at radius 2 is 1.90 bits per heavy atom. The van der Waals surface area contributed by atoms with Crippen LogP contribution in [0.4, 0.5) is 0 Å². The smallest absolute Gasteiger partial charge is 0.262 e. The van der Waals surface area contributed by atoms with Crippen molar-refractivity contribution in [3.63, 3.8) is 0 Å². The van der Waals surface area contributed by atoms with Crippen molar-refractivity contribution in [3.8, 4) is 0 Å². The number of aryl methyl sites for hydroxylation is 1. The zero-order valence-corrected chi connectivity index (χ0v) is 17.7. The summed E-state index contributed by atoms with van der Waals surface area (Å²) in [4.78, 5) is 31.8. The van der Waals surface area contributed by atoms with Gasteiger partial charge in [0.15, 0.2) is 5.16 Å². The summed E-state index contributed by atoms with van der Waals surface area (Å²) in [6.07, 6.45) is 0. The third-order valence-electron chi connectivity index (χ3n) is 4.64. The van der Waals surface area contributed by atoms with Crippen LogP contribution >= 0.6 is 11.8 Å². The van der Waals surface area contributed by atoms with Gasteiger partial charge in [0.05, 0.1) is 29.8 Å². The number of nitrogens with zero attached hydrogens (tertiary/aromatic N) is 3. The van der Waals surface area contributed by atoms with E-state index >= 15 is 0 Å². The average molecular weight is 412 g/mol. The molecule has 2 aromatic carbocycles. The van der Waals surface area contributed by atoms with Crippen LogP contribution in [0.15, 0.2) is 58.5 Å². The maximum Gasteiger partial charge on any atom is 0.262 e. The minimum Gasteiger partial charge on any atom is -0.383 e. The lowest BCUT2D eigenvalue weighted by atomic mass is 10.1. The lowest BCUT2D eigenvalue weighted by molar-refractivity contribution is -0.127. The third-order valence-corrected chi connectivity index (χ3v) is 5.60. The first kappa shape index (κ1) is 21.1. The summed E-state index contributed by atoms with van der Waals surface area (Å²) in [6, 6.07) is 15.4. The van der Waals surface area contributed by atoms with E-state index in [1.807, 2.05) is 49.4 Å². The van der Waals surface area contributed by atoms with Gasteiger partial charge in [0.25, 0.3) is 5.56 Å². The largest absolute Gasteiger partial charge is 0.383 e. The van der Waals surface area contributed by atoms with Crippen molar-refractivity contribution < 1.29 is 9.53 Å². The van der Waals surface area contributed by atoms with E-state index in [2.05, 4.69) is 4.98 Å². The van der Waals surface area contributed by atoms with Gasteiger partial charge in [0.2, 0.25) is 5.91 Å². The molecule has 0 N–H and O–H groups in total. The third kappa shape index (κ3) is 5.25. The molecule has 0 spiro atoms. The molecule has 0 radical (unpaired) electrons. The molecule has 0 unspecified atom stereocenters. The van der Waals surface area contributed by atoms with Crippen LogP contribution in [-0.4, -0.2) is 46.9 Å². The summed E-state index contributed by atoms with van der Waals surface area (Å²) in [5.41, 5.74) is 2.79. The molecule has 1 amide bonds. The van der Waals surface area contributed by atoms with E-state index in [9.17, 15) is 9.59 Å². The quantitative estimate of drug-likeness (QED) is 0.421. The van der Waals surface area contributed by atoms with Crippen LogP contribution in [0.3, 0.4) is 0 Å². The Morgan fingerprint density at radius 1 is 1.17 bits per heavy atom. The van der Waals surface area contributed by atoms with Gasteiger partial charge in [-0.3, -0.25) is 14.2 Å². The van der Waals surface area contributed by atoms with Crippen molar-refractivity contribution in [3.05, 3.63) is 70.0 Å². The molecule has 0 saturated heterocycles. The number of amides is 1. The second-order valence-corrected chi connectivity index (χ2v) is 7.83. The highest BCUT2D eigenvalue weighted by molar-refractivity contribution is 7.99. The predicted octanol–water partition coefficient (Wildman–Crippen LogP) is 3.10. The number of carbonyl (C=O) groups excluding carboxylic acids is 1. The van der Waals surface area contributed by atoms with Gasteiger partial charge >= 0.3 is 0 Å². The van der Waals surface area contributed by atoms with Gasteiger partial charge < -0.3 is 9.64 Å². The molecule has 0 aliphatic heterocycles. The first-order valence-corrected chi connectivity index (χ1v) is 10.4. The Bertz CT molecular complexity index is 1050. The molecule has 7 heteroatoms. The molecule has 0 aliphatic rings. The first-order chi connectivity index (χ1) is 14.0. The lowest BCUT2D eigenvalue weighted by Gasteiger charge is -2.18. The molecule has 3 aromatic rings. The average Bonchev–Trinajstić information content (AvgIpc) is 2.73. The molecule has 29 heavy (non-hydrogen) atoms. The van der Waals surface area contributed by atoms with Crippen LogP contribution in [0.5, 0.6) is 0 Å². The number of fused-ring (bicyclic) bond motifs is 1. The minimum absolute atomic E-state index is 0.0173. The molecule has 0 aliphatic carbocycles. The molecule has 0 bridgehead atoms. The molecule has 0 atom stereocenters. The van der Waals surface area contributed by atoms with E-state index in [-0.39, 0.29) is 17.2 Å². The molecule has 6 nitrogen and oxygen atoms in total. The summed E-state index contributed by atoms with van der Waals surface area (Å²) in [5, 5.41) is 1.10. The number of ether oxygens (including phenoxy) is 1. The van der Waals surface area contributed by atoms with Gasteiger partial charge in [0, 0.05) is 20.7 Å². The summed E-state index contributed by atoms with van der Waals surface area (Å²) in [5.74, 6) is 0.191. The number of carbonyl (C=O) groups is 1. The number of aromatic nitrogens is 2. The number of methoxy groups -OCH3 is 1. The van der Waals surface area contributed by atoms with Crippen molar-refractivity contribution in [2.24, 2.45) is 0 Å². The molecular formula is C22H25N3O3S. The Morgan fingerprint density at radius 3 is 2.62 bits per heavy atom. The van der Waals surface area contributed by atoms with E-state index in [4.69, 9.17) is 4.74 Å². The van der Waals surface area contributed by atoms with Crippen molar-refractivity contribution in [2.45, 2.75) is 25.2 Å². The van der Waals surface area contributed by atoms with Crippen LogP contribution in [0, 0.1) is 6.92 Å². The number of thioether (sulfide) groups is 1. The number of rotatable bonds is 8. The molecule has 3 rings (SSSR count). The van der Waals surface area contributed by atoms with Crippen LogP contribution in [0.1, 0.15) is 11.1 Å². The van der Waals surface area contributed by atoms with E-state index in [0.29, 0.717) is 35.8 Å². The van der Waals surface area contributed by atoms with Gasteiger partial charge in [0.1, 0.15) is 0 Å². The molecule has 1 aromatic heterocycles. The number of hydrogen-bond acceptors (Lipinski definition) is 5. The summed E-state index contributed by atoms with van der Waals surface area (Å²) < 4.78 is 6.72. The molecule has 1 heterocycles. The fourth-order valence-electron chi connectivity index (χ4n) is 2.93. The zero-order chi connectivity index (χ0) is 20.8. The highest BCUT2D eigenvalue weighted by Gasteiger charge is 2.15. The topological polar surface area (TPSA) is 64.4 Å². The Labute approximate surface area is 174 Å². The predicted molar refractivity (Wildman–Crippen MR) is 116 cm³/mol. The Kier molecular flexibility index (Phi) is 7.06. The van der Waals surface area contributed by atoms with E-state index in [1.54, 1.807) is 29.7 Å². The van der Waals surface area contributed by atoms with Crippen LogP contribution in [0.25, 0.3) is 10.9 Å². The summed E-state index contributed by atoms with van der Waals surface area (Å²) in [6.45, 7) is 3.37. The van der Waals surface area contributed by atoms with Crippen molar-refractivity contribution in [2.75, 3.05) is 26.5 Å². The zero-order valence-electron chi connectivity index (χ0n) is 16.9. The SMILES string of the molecule is COCCn1c(SCC(=O)N(C)Cc2ccc(C)cc2)nc2ccccc2c1=O. The van der Waals surface area contributed by atoms with E-state index in [0.717, 1.165) is 5.56 Å². The van der Waals surface area contributed by atoms with Crippen LogP contribution in [0.2, 0.25) is 0 Å². The normalized spacial score (nSPS) is 11.0. The van der Waals surface area contributed by atoms with Gasteiger partial charge in [-0.05, 0) is 24.6 Å². The van der Waals surface area contributed by atoms with Gasteiger partial charge in [-0.25, -0.2) is 4.98 Å². The molecule has 152 valence electrons. The van der Waals surface area contributed by atoms with Gasteiger partial charge in [-0.1, -0.05) is 53.7 Å². The van der Waals surface area contributed by atoms with Crippen molar-refractivity contribution in [1.82, 2.24) is 14.5 Å². The fourth-order valence-corrected chi connectivity index (χ4v) is 3.90. The Hall–Kier alpha value is -2.64. The van der Waals surface area contributed by atoms with Crippen molar-refractivity contribution in [1.29, 1.82) is 0 Å². The lowest BCUT2D eigenvalue weighted by Crippen LogP contribution is -2.29. The monoisotopic (exact) mass is 411 g/mol. The highest BCUT2D eigenvalue weighted by Crippen LogP contribution is 2.18. The van der Waals surface area contributed by atoms with E-state index < -0.39 is 0 Å².